The zero-order valence-corrected chi connectivity index (χ0v) is 10.7. The maximum atomic E-state index is 12.5. The topological polar surface area (TPSA) is 55.1 Å². The van der Waals surface area contributed by atoms with Crippen LogP contribution in [0.5, 0.6) is 0 Å². The van der Waals surface area contributed by atoms with E-state index in [1.54, 1.807) is 6.92 Å². The van der Waals surface area contributed by atoms with E-state index in [0.717, 1.165) is 12.1 Å². The van der Waals surface area contributed by atoms with Crippen molar-refractivity contribution in [1.82, 2.24) is 0 Å². The van der Waals surface area contributed by atoms with Crippen molar-refractivity contribution in [3.05, 3.63) is 29.3 Å². The summed E-state index contributed by atoms with van der Waals surface area (Å²) in [5, 5.41) is 2.36. The number of hydrogen-bond donors (Lipinski definition) is 2. The Morgan fingerprint density at radius 2 is 1.94 bits per heavy atom. The molecule has 3 N–H and O–H groups in total. The summed E-state index contributed by atoms with van der Waals surface area (Å²) < 4.78 is 37.4. The normalized spacial score (nSPS) is 12.6. The molecule has 0 heterocycles. The molecule has 0 saturated carbocycles. The number of carbonyl (C=O) groups is 1. The van der Waals surface area contributed by atoms with E-state index in [1.165, 1.54) is 13.0 Å². The van der Waals surface area contributed by atoms with E-state index in [9.17, 15) is 18.0 Å². The lowest BCUT2D eigenvalue weighted by Gasteiger charge is -2.13. The first kappa shape index (κ1) is 16.7. The Kier molecular flexibility index (Phi) is 5.63. The number of aryl methyl sites for hydroxylation is 1. The van der Waals surface area contributed by atoms with Crippen LogP contribution in [-0.4, -0.2) is 11.9 Å². The van der Waals surface area contributed by atoms with Crippen molar-refractivity contribution < 1.29 is 18.0 Å². The highest BCUT2D eigenvalue weighted by Gasteiger charge is 2.30. The van der Waals surface area contributed by atoms with Crippen molar-refractivity contribution in [3.8, 4) is 0 Å². The van der Waals surface area contributed by atoms with Gasteiger partial charge in [-0.3, -0.25) is 4.79 Å². The van der Waals surface area contributed by atoms with E-state index in [1.807, 2.05) is 0 Å². The molecule has 0 aliphatic rings. The average Bonchev–Trinajstić information content (AvgIpc) is 2.19. The van der Waals surface area contributed by atoms with Crippen LogP contribution in [0.2, 0.25) is 0 Å². The molecule has 0 saturated heterocycles. The van der Waals surface area contributed by atoms with Gasteiger partial charge in [-0.1, -0.05) is 6.07 Å². The van der Waals surface area contributed by atoms with E-state index < -0.39 is 23.7 Å². The van der Waals surface area contributed by atoms with Gasteiger partial charge in [0.1, 0.15) is 0 Å². The molecule has 0 spiro atoms. The van der Waals surface area contributed by atoms with Crippen molar-refractivity contribution >= 4 is 24.0 Å². The standard InChI is InChI=1S/C11H13F3N2O.ClH/c1-6-3-4-8(11(12,13)14)5-9(6)16-10(17)7(2)15;/h3-5,7H,15H2,1-2H3,(H,16,17);1H. The molecule has 0 radical (unpaired) electrons. The SMILES string of the molecule is Cc1ccc(C(F)(F)F)cc1NC(=O)C(C)N.Cl. The molecule has 1 atom stereocenters. The molecule has 1 amide bonds. The summed E-state index contributed by atoms with van der Waals surface area (Å²) in [6.07, 6.45) is -4.43. The molecule has 0 aliphatic carbocycles. The molecule has 1 rings (SSSR count). The monoisotopic (exact) mass is 282 g/mol. The fourth-order valence-corrected chi connectivity index (χ4v) is 1.18. The first-order chi connectivity index (χ1) is 7.71. The number of alkyl halides is 3. The average molecular weight is 283 g/mol. The zero-order valence-electron chi connectivity index (χ0n) is 9.84. The summed E-state index contributed by atoms with van der Waals surface area (Å²) in [6, 6.07) is 2.40. The van der Waals surface area contributed by atoms with Gasteiger partial charge in [0.05, 0.1) is 11.6 Å². The van der Waals surface area contributed by atoms with Crippen molar-refractivity contribution in [3.63, 3.8) is 0 Å². The van der Waals surface area contributed by atoms with Crippen LogP contribution in [0.1, 0.15) is 18.1 Å². The smallest absolute Gasteiger partial charge is 0.324 e. The Labute approximate surface area is 109 Å². The molecule has 0 aliphatic heterocycles. The van der Waals surface area contributed by atoms with Crippen LogP contribution in [0.15, 0.2) is 18.2 Å². The first-order valence-corrected chi connectivity index (χ1v) is 4.96. The fourth-order valence-electron chi connectivity index (χ4n) is 1.18. The molecule has 1 unspecified atom stereocenters. The van der Waals surface area contributed by atoms with Crippen LogP contribution in [0.4, 0.5) is 18.9 Å². The van der Waals surface area contributed by atoms with Crippen molar-refractivity contribution in [2.24, 2.45) is 5.73 Å². The molecule has 1 aromatic rings. The van der Waals surface area contributed by atoms with Crippen LogP contribution < -0.4 is 11.1 Å². The molecule has 18 heavy (non-hydrogen) atoms. The van der Waals surface area contributed by atoms with Gasteiger partial charge in [-0.25, -0.2) is 0 Å². The van der Waals surface area contributed by atoms with Crippen LogP contribution in [0, 0.1) is 6.92 Å². The van der Waals surface area contributed by atoms with Gasteiger partial charge in [0.15, 0.2) is 0 Å². The van der Waals surface area contributed by atoms with E-state index >= 15 is 0 Å². The predicted molar refractivity (Wildman–Crippen MR) is 65.7 cm³/mol. The van der Waals surface area contributed by atoms with Crippen molar-refractivity contribution in [1.29, 1.82) is 0 Å². The van der Waals surface area contributed by atoms with Gasteiger partial charge in [0.2, 0.25) is 5.91 Å². The lowest BCUT2D eigenvalue weighted by molar-refractivity contribution is -0.137. The largest absolute Gasteiger partial charge is 0.416 e. The first-order valence-electron chi connectivity index (χ1n) is 4.96. The summed E-state index contributed by atoms with van der Waals surface area (Å²) in [7, 11) is 0. The Hall–Kier alpha value is -1.27. The number of anilines is 1. The second-order valence-corrected chi connectivity index (χ2v) is 3.81. The maximum absolute atomic E-state index is 12.5. The third-order valence-corrected chi connectivity index (χ3v) is 2.24. The van der Waals surface area contributed by atoms with Gasteiger partial charge >= 0.3 is 6.18 Å². The number of halogens is 4. The molecular weight excluding hydrogens is 269 g/mol. The summed E-state index contributed by atoms with van der Waals surface area (Å²) in [5.74, 6) is -0.521. The summed E-state index contributed by atoms with van der Waals surface area (Å²) in [6.45, 7) is 3.06. The second kappa shape index (κ2) is 6.06. The fraction of sp³-hybridized carbons (Fsp3) is 0.364. The van der Waals surface area contributed by atoms with Gasteiger partial charge in [-0.2, -0.15) is 13.2 Å². The minimum atomic E-state index is -4.43. The lowest BCUT2D eigenvalue weighted by Crippen LogP contribution is -2.32. The third kappa shape index (κ3) is 4.19. The van der Waals surface area contributed by atoms with Crippen LogP contribution >= 0.6 is 12.4 Å². The molecule has 102 valence electrons. The highest BCUT2D eigenvalue weighted by molar-refractivity contribution is 5.95. The number of nitrogens with one attached hydrogen (secondary N) is 1. The van der Waals surface area contributed by atoms with E-state index in [4.69, 9.17) is 5.73 Å². The zero-order chi connectivity index (χ0) is 13.2. The van der Waals surface area contributed by atoms with Crippen LogP contribution in [0.3, 0.4) is 0 Å². The van der Waals surface area contributed by atoms with E-state index in [-0.39, 0.29) is 18.1 Å². The van der Waals surface area contributed by atoms with E-state index in [0.29, 0.717) is 5.56 Å². The molecular formula is C11H14ClF3N2O. The van der Waals surface area contributed by atoms with Gasteiger partial charge in [0.25, 0.3) is 0 Å². The molecule has 0 bridgehead atoms. The molecule has 3 nitrogen and oxygen atoms in total. The molecule has 0 fully saturated rings. The highest BCUT2D eigenvalue weighted by Crippen LogP contribution is 2.31. The number of amides is 1. The summed E-state index contributed by atoms with van der Waals surface area (Å²) in [5.41, 5.74) is 5.20. The molecule has 7 heteroatoms. The summed E-state index contributed by atoms with van der Waals surface area (Å²) in [4.78, 5) is 11.3. The predicted octanol–water partition coefficient (Wildman–Crippen LogP) is 2.72. The molecule has 0 aromatic heterocycles. The molecule has 1 aromatic carbocycles. The Morgan fingerprint density at radius 1 is 1.39 bits per heavy atom. The Bertz CT molecular complexity index is 433. The number of benzene rings is 1. The van der Waals surface area contributed by atoms with Crippen molar-refractivity contribution in [2.75, 3.05) is 5.32 Å². The van der Waals surface area contributed by atoms with Gasteiger partial charge in [-0.15, -0.1) is 12.4 Å². The minimum absolute atomic E-state index is 0. The number of nitrogens with two attached hydrogens (primary N) is 1. The Balaban J connectivity index is 0.00000289. The van der Waals surface area contributed by atoms with E-state index in [2.05, 4.69) is 5.32 Å². The van der Waals surface area contributed by atoms with Crippen molar-refractivity contribution in [2.45, 2.75) is 26.1 Å². The highest BCUT2D eigenvalue weighted by atomic mass is 35.5. The van der Waals surface area contributed by atoms with Gasteiger partial charge in [-0.05, 0) is 31.5 Å². The third-order valence-electron chi connectivity index (χ3n) is 2.24. The van der Waals surface area contributed by atoms with Gasteiger partial charge in [0, 0.05) is 5.69 Å². The summed E-state index contributed by atoms with van der Waals surface area (Å²) >= 11 is 0. The maximum Gasteiger partial charge on any atom is 0.416 e. The minimum Gasteiger partial charge on any atom is -0.324 e. The second-order valence-electron chi connectivity index (χ2n) is 3.81. The number of carbonyl (C=O) groups excluding carboxylic acids is 1. The van der Waals surface area contributed by atoms with Crippen LogP contribution in [0.25, 0.3) is 0 Å². The quantitative estimate of drug-likeness (QED) is 0.876. The number of rotatable bonds is 2. The van der Waals surface area contributed by atoms with Crippen LogP contribution in [-0.2, 0) is 11.0 Å². The number of hydrogen-bond acceptors (Lipinski definition) is 2. The lowest BCUT2D eigenvalue weighted by atomic mass is 10.1. The Morgan fingerprint density at radius 3 is 2.39 bits per heavy atom. The van der Waals surface area contributed by atoms with Gasteiger partial charge < -0.3 is 11.1 Å².